The lowest BCUT2D eigenvalue weighted by Gasteiger charge is -2.15. The Balaban J connectivity index is 2.06. The molecule has 0 saturated carbocycles. The molecule has 1 amide bonds. The van der Waals surface area contributed by atoms with Crippen LogP contribution in [-0.4, -0.2) is 22.8 Å². The summed E-state index contributed by atoms with van der Waals surface area (Å²) in [5, 5.41) is 0. The van der Waals surface area contributed by atoms with Crippen molar-refractivity contribution in [3.8, 4) is 0 Å². The van der Waals surface area contributed by atoms with Crippen molar-refractivity contribution in [3.05, 3.63) is 51.4 Å². The summed E-state index contributed by atoms with van der Waals surface area (Å²) in [5.74, 6) is -0.0878. The van der Waals surface area contributed by atoms with Crippen LogP contribution in [0.15, 0.2) is 36.5 Å². The molecule has 88 valence electrons. The lowest BCUT2D eigenvalue weighted by atomic mass is 10.3. The Hall–Kier alpha value is -1.39. The lowest BCUT2D eigenvalue weighted by Crippen LogP contribution is -2.26. The topological polar surface area (TPSA) is 33.2 Å². The number of hydrogen-bond donors (Lipinski definition) is 0. The van der Waals surface area contributed by atoms with Crippen molar-refractivity contribution in [1.82, 2.24) is 9.88 Å². The molecule has 0 aliphatic carbocycles. The minimum atomic E-state index is -0.0878. The van der Waals surface area contributed by atoms with Crippen molar-refractivity contribution < 1.29 is 4.79 Å². The fourth-order valence-electron chi connectivity index (χ4n) is 1.43. The number of carbonyl (C=O) groups is 1. The number of nitrogens with zero attached hydrogens (tertiary/aromatic N) is 2. The van der Waals surface area contributed by atoms with E-state index in [-0.39, 0.29) is 5.91 Å². The first-order chi connectivity index (χ1) is 8.16. The molecule has 5 heteroatoms. The average Bonchev–Trinajstić information content (AvgIpc) is 2.75. The van der Waals surface area contributed by atoms with Gasteiger partial charge in [-0.15, -0.1) is 11.3 Å². The van der Waals surface area contributed by atoms with Gasteiger partial charge in [0.2, 0.25) is 0 Å². The van der Waals surface area contributed by atoms with Crippen LogP contribution in [0.1, 0.15) is 15.4 Å². The van der Waals surface area contributed by atoms with Gasteiger partial charge < -0.3 is 4.90 Å². The van der Waals surface area contributed by atoms with E-state index in [0.29, 0.717) is 12.2 Å². The van der Waals surface area contributed by atoms with E-state index in [0.717, 1.165) is 9.21 Å². The van der Waals surface area contributed by atoms with Crippen LogP contribution in [0.4, 0.5) is 0 Å². The molecule has 2 heterocycles. The molecule has 0 N–H and O–H groups in total. The number of rotatable bonds is 3. The molecule has 0 aliphatic rings. The minimum absolute atomic E-state index is 0.0878. The van der Waals surface area contributed by atoms with Gasteiger partial charge in [0.25, 0.3) is 5.91 Å². The van der Waals surface area contributed by atoms with E-state index < -0.39 is 0 Å². The van der Waals surface area contributed by atoms with Crippen LogP contribution >= 0.6 is 22.9 Å². The second-order valence-corrected chi connectivity index (χ2v) is 5.38. The highest BCUT2D eigenvalue weighted by Gasteiger charge is 2.13. The summed E-state index contributed by atoms with van der Waals surface area (Å²) in [6, 6.07) is 9.06. The third-order valence-electron chi connectivity index (χ3n) is 2.25. The van der Waals surface area contributed by atoms with Crippen LogP contribution in [0.5, 0.6) is 0 Å². The number of hydrogen-bond acceptors (Lipinski definition) is 3. The smallest absolute Gasteiger partial charge is 0.272 e. The molecule has 0 aromatic carbocycles. The van der Waals surface area contributed by atoms with E-state index in [9.17, 15) is 4.79 Å². The van der Waals surface area contributed by atoms with Crippen LogP contribution in [-0.2, 0) is 6.54 Å². The third-order valence-corrected chi connectivity index (χ3v) is 3.47. The highest BCUT2D eigenvalue weighted by molar-refractivity contribution is 7.16. The lowest BCUT2D eigenvalue weighted by molar-refractivity contribution is 0.0780. The molecule has 0 unspecified atom stereocenters. The van der Waals surface area contributed by atoms with E-state index in [1.807, 2.05) is 12.1 Å². The summed E-state index contributed by atoms with van der Waals surface area (Å²) in [5.41, 5.74) is 0.456. The minimum Gasteiger partial charge on any atom is -0.335 e. The van der Waals surface area contributed by atoms with E-state index in [1.54, 1.807) is 36.3 Å². The fraction of sp³-hybridized carbons (Fsp3) is 0.167. The summed E-state index contributed by atoms with van der Waals surface area (Å²) in [4.78, 5) is 18.7. The first kappa shape index (κ1) is 12.1. The van der Waals surface area contributed by atoms with Crippen molar-refractivity contribution in [2.75, 3.05) is 7.05 Å². The molecule has 0 aliphatic heterocycles. The molecule has 2 aromatic heterocycles. The van der Waals surface area contributed by atoms with E-state index in [4.69, 9.17) is 11.6 Å². The van der Waals surface area contributed by atoms with Gasteiger partial charge in [0.15, 0.2) is 0 Å². The Bertz CT molecular complexity index is 512. The predicted molar refractivity (Wildman–Crippen MR) is 69.4 cm³/mol. The zero-order chi connectivity index (χ0) is 12.3. The van der Waals surface area contributed by atoms with E-state index in [1.165, 1.54) is 11.3 Å². The van der Waals surface area contributed by atoms with Crippen LogP contribution in [0.25, 0.3) is 0 Å². The molecule has 17 heavy (non-hydrogen) atoms. The van der Waals surface area contributed by atoms with Crippen molar-refractivity contribution >= 4 is 28.8 Å². The predicted octanol–water partition coefficient (Wildman–Crippen LogP) is 3.07. The van der Waals surface area contributed by atoms with Gasteiger partial charge in [0.05, 0.1) is 10.9 Å². The van der Waals surface area contributed by atoms with Gasteiger partial charge in [-0.1, -0.05) is 17.7 Å². The monoisotopic (exact) mass is 266 g/mol. The Labute approximate surface area is 109 Å². The van der Waals surface area contributed by atoms with Gasteiger partial charge in [-0.2, -0.15) is 0 Å². The first-order valence-electron chi connectivity index (χ1n) is 5.07. The maximum atomic E-state index is 12.0. The maximum absolute atomic E-state index is 12.0. The van der Waals surface area contributed by atoms with Gasteiger partial charge in [-0.05, 0) is 24.3 Å². The van der Waals surface area contributed by atoms with Gasteiger partial charge in [0, 0.05) is 18.1 Å². The number of halogens is 1. The zero-order valence-electron chi connectivity index (χ0n) is 9.26. The second kappa shape index (κ2) is 5.29. The molecule has 2 rings (SSSR count). The molecule has 0 spiro atoms. The van der Waals surface area contributed by atoms with E-state index >= 15 is 0 Å². The van der Waals surface area contributed by atoms with Crippen molar-refractivity contribution in [2.24, 2.45) is 0 Å². The molecule has 0 bridgehead atoms. The maximum Gasteiger partial charge on any atom is 0.272 e. The summed E-state index contributed by atoms with van der Waals surface area (Å²) >= 11 is 7.32. The zero-order valence-corrected chi connectivity index (χ0v) is 10.8. The number of aromatic nitrogens is 1. The average molecular weight is 267 g/mol. The van der Waals surface area contributed by atoms with Crippen molar-refractivity contribution in [1.29, 1.82) is 0 Å². The summed E-state index contributed by atoms with van der Waals surface area (Å²) in [6.07, 6.45) is 1.61. The fourth-order valence-corrected chi connectivity index (χ4v) is 2.57. The Morgan fingerprint density at radius 2 is 2.24 bits per heavy atom. The molecule has 0 radical (unpaired) electrons. The SMILES string of the molecule is CN(Cc1ccc(Cl)s1)C(=O)c1ccccn1. The number of amides is 1. The van der Waals surface area contributed by atoms with Crippen LogP contribution in [0, 0.1) is 0 Å². The second-order valence-electron chi connectivity index (χ2n) is 3.58. The quantitative estimate of drug-likeness (QED) is 0.855. The van der Waals surface area contributed by atoms with Gasteiger partial charge in [-0.3, -0.25) is 9.78 Å². The Kier molecular flexibility index (Phi) is 3.76. The van der Waals surface area contributed by atoms with E-state index in [2.05, 4.69) is 4.98 Å². The highest BCUT2D eigenvalue weighted by Crippen LogP contribution is 2.22. The van der Waals surface area contributed by atoms with Crippen LogP contribution < -0.4 is 0 Å². The van der Waals surface area contributed by atoms with Gasteiger partial charge in [-0.25, -0.2) is 0 Å². The van der Waals surface area contributed by atoms with Crippen molar-refractivity contribution in [3.63, 3.8) is 0 Å². The molecular weight excluding hydrogens is 256 g/mol. The summed E-state index contributed by atoms with van der Waals surface area (Å²) in [7, 11) is 1.75. The molecule has 0 atom stereocenters. The molecule has 2 aromatic rings. The summed E-state index contributed by atoms with van der Waals surface area (Å²) < 4.78 is 0.735. The molecule has 0 fully saturated rings. The molecular formula is C12H11ClN2OS. The highest BCUT2D eigenvalue weighted by atomic mass is 35.5. The van der Waals surface area contributed by atoms with Gasteiger partial charge >= 0.3 is 0 Å². The first-order valence-corrected chi connectivity index (χ1v) is 6.27. The van der Waals surface area contributed by atoms with Crippen LogP contribution in [0.2, 0.25) is 4.34 Å². The normalized spacial score (nSPS) is 10.2. The standard InChI is InChI=1S/C12H11ClN2OS/c1-15(8-9-5-6-11(13)17-9)12(16)10-4-2-3-7-14-10/h2-7H,8H2,1H3. The van der Waals surface area contributed by atoms with Crippen LogP contribution in [0.3, 0.4) is 0 Å². The van der Waals surface area contributed by atoms with Crippen molar-refractivity contribution in [2.45, 2.75) is 6.54 Å². The summed E-state index contributed by atoms with van der Waals surface area (Å²) in [6.45, 7) is 0.548. The van der Waals surface area contributed by atoms with Gasteiger partial charge in [0.1, 0.15) is 5.69 Å². The Morgan fingerprint density at radius 3 is 2.82 bits per heavy atom. The number of thiophene rings is 1. The number of carbonyl (C=O) groups excluding carboxylic acids is 1. The molecule has 3 nitrogen and oxygen atoms in total. The molecule has 0 saturated heterocycles. The number of pyridine rings is 1. The third kappa shape index (κ3) is 3.05. The Morgan fingerprint density at radius 1 is 1.41 bits per heavy atom. The largest absolute Gasteiger partial charge is 0.335 e.